The largest absolute Gasteiger partial charge is 0.336 e. The molecule has 0 aliphatic heterocycles. The first-order chi connectivity index (χ1) is 10.8. The van der Waals surface area contributed by atoms with Crippen LogP contribution in [0, 0.1) is 6.92 Å². The van der Waals surface area contributed by atoms with E-state index >= 15 is 0 Å². The van der Waals surface area contributed by atoms with Crippen molar-refractivity contribution in [3.8, 4) is 0 Å². The Labute approximate surface area is 141 Å². The number of hydrogen-bond acceptors (Lipinski definition) is 7. The van der Waals surface area contributed by atoms with Gasteiger partial charge in [0.1, 0.15) is 0 Å². The second-order valence-corrected chi connectivity index (χ2v) is 8.07. The van der Waals surface area contributed by atoms with Crippen molar-refractivity contribution in [1.29, 1.82) is 0 Å². The highest BCUT2D eigenvalue weighted by atomic mass is 32.2. The number of rotatable bonds is 3. The molecule has 0 aliphatic carbocycles. The molecule has 9 heteroatoms. The van der Waals surface area contributed by atoms with Crippen molar-refractivity contribution in [2.24, 2.45) is 0 Å². The predicted molar refractivity (Wildman–Crippen MR) is 92.5 cm³/mol. The van der Waals surface area contributed by atoms with Crippen molar-refractivity contribution in [2.75, 3.05) is 5.84 Å². The molecule has 0 fully saturated rings. The third-order valence-corrected chi connectivity index (χ3v) is 5.23. The second-order valence-electron chi connectivity index (χ2n) is 6.30. The van der Waals surface area contributed by atoms with Gasteiger partial charge in [-0.15, -0.1) is 21.5 Å². The van der Waals surface area contributed by atoms with E-state index in [0.29, 0.717) is 21.6 Å². The van der Waals surface area contributed by atoms with Crippen LogP contribution in [0.1, 0.15) is 38.0 Å². The molecule has 0 saturated heterocycles. The lowest BCUT2D eigenvalue weighted by molar-refractivity contribution is 0.523. The fourth-order valence-corrected chi connectivity index (χ4v) is 3.84. The van der Waals surface area contributed by atoms with Gasteiger partial charge in [-0.1, -0.05) is 32.5 Å². The Morgan fingerprint density at radius 1 is 1.35 bits per heavy atom. The van der Waals surface area contributed by atoms with Gasteiger partial charge in [0.2, 0.25) is 5.16 Å². The number of nitrogen functional groups attached to an aromatic ring is 1. The van der Waals surface area contributed by atoms with E-state index in [4.69, 9.17) is 5.84 Å². The van der Waals surface area contributed by atoms with Crippen molar-refractivity contribution >= 4 is 28.1 Å². The Balaban J connectivity index is 1.84. The Morgan fingerprint density at radius 3 is 2.74 bits per heavy atom. The fraction of sp³-hybridized carbons (Fsp3) is 0.429. The zero-order chi connectivity index (χ0) is 16.8. The van der Waals surface area contributed by atoms with Crippen LogP contribution < -0.4 is 11.4 Å². The molecule has 7 nitrogen and oxygen atoms in total. The maximum absolute atomic E-state index is 12.2. The molecule has 3 heterocycles. The van der Waals surface area contributed by atoms with Crippen molar-refractivity contribution in [3.63, 3.8) is 0 Å². The highest BCUT2D eigenvalue weighted by Crippen LogP contribution is 2.25. The van der Waals surface area contributed by atoms with Gasteiger partial charge in [-0.05, 0) is 6.92 Å². The zero-order valence-electron chi connectivity index (χ0n) is 13.4. The molecule has 23 heavy (non-hydrogen) atoms. The summed E-state index contributed by atoms with van der Waals surface area (Å²) < 4.78 is 3.12. The predicted octanol–water partition coefficient (Wildman–Crippen LogP) is 1.96. The monoisotopic (exact) mass is 350 g/mol. The molecule has 0 aromatic carbocycles. The molecule has 2 N–H and O–H groups in total. The van der Waals surface area contributed by atoms with Crippen molar-refractivity contribution in [1.82, 2.24) is 24.3 Å². The second kappa shape index (κ2) is 5.64. The van der Waals surface area contributed by atoms with E-state index in [0.717, 1.165) is 11.5 Å². The SMILES string of the molecule is Cc1csc2nc(CSc3nnc(C(C)(C)C)n3N)cc(=O)n12. The summed E-state index contributed by atoms with van der Waals surface area (Å²) in [6, 6.07) is 1.56. The highest BCUT2D eigenvalue weighted by molar-refractivity contribution is 7.98. The van der Waals surface area contributed by atoms with Gasteiger partial charge in [-0.2, -0.15) is 0 Å². The van der Waals surface area contributed by atoms with Crippen LogP contribution in [0.5, 0.6) is 0 Å². The molecule has 0 amide bonds. The highest BCUT2D eigenvalue weighted by Gasteiger charge is 2.23. The molecule has 0 saturated carbocycles. The van der Waals surface area contributed by atoms with Gasteiger partial charge in [0, 0.05) is 28.3 Å². The Bertz CT molecular complexity index is 918. The molecule has 0 spiro atoms. The van der Waals surface area contributed by atoms with Crippen molar-refractivity contribution < 1.29 is 0 Å². The van der Waals surface area contributed by atoms with Crippen LogP contribution in [-0.4, -0.2) is 24.3 Å². The van der Waals surface area contributed by atoms with E-state index in [-0.39, 0.29) is 11.0 Å². The topological polar surface area (TPSA) is 91.1 Å². The number of aromatic nitrogens is 5. The molecule has 3 rings (SSSR count). The lowest BCUT2D eigenvalue weighted by Gasteiger charge is -2.16. The maximum Gasteiger partial charge on any atom is 0.258 e. The molecule has 0 aliphatic rings. The minimum Gasteiger partial charge on any atom is -0.336 e. The number of nitrogens with zero attached hydrogens (tertiary/aromatic N) is 5. The van der Waals surface area contributed by atoms with Crippen molar-refractivity contribution in [2.45, 2.75) is 44.0 Å². The van der Waals surface area contributed by atoms with Gasteiger partial charge in [0.25, 0.3) is 5.56 Å². The molecule has 0 unspecified atom stereocenters. The Morgan fingerprint density at radius 2 is 2.09 bits per heavy atom. The summed E-state index contributed by atoms with van der Waals surface area (Å²) >= 11 is 2.88. The molecule has 3 aromatic heterocycles. The normalized spacial score (nSPS) is 12.2. The molecular weight excluding hydrogens is 332 g/mol. The number of nitrogens with two attached hydrogens (primary N) is 1. The first-order valence-electron chi connectivity index (χ1n) is 7.08. The summed E-state index contributed by atoms with van der Waals surface area (Å²) in [6.07, 6.45) is 0. The number of thioether (sulfide) groups is 1. The lowest BCUT2D eigenvalue weighted by Crippen LogP contribution is -2.24. The number of hydrogen-bond donors (Lipinski definition) is 1. The van der Waals surface area contributed by atoms with Gasteiger partial charge >= 0.3 is 0 Å². The van der Waals surface area contributed by atoms with E-state index < -0.39 is 0 Å². The van der Waals surface area contributed by atoms with Crippen LogP contribution in [0.2, 0.25) is 0 Å². The van der Waals surface area contributed by atoms with Crippen LogP contribution in [0.25, 0.3) is 4.96 Å². The third-order valence-electron chi connectivity index (χ3n) is 3.31. The quantitative estimate of drug-likeness (QED) is 0.573. The number of thiazole rings is 1. The number of fused-ring (bicyclic) bond motifs is 1. The van der Waals surface area contributed by atoms with Crippen LogP contribution in [0.3, 0.4) is 0 Å². The molecular formula is C14H18N6OS2. The summed E-state index contributed by atoms with van der Waals surface area (Å²) in [5.74, 6) is 7.30. The molecule has 122 valence electrons. The van der Waals surface area contributed by atoms with E-state index in [1.165, 1.54) is 27.8 Å². The van der Waals surface area contributed by atoms with Crippen LogP contribution in [-0.2, 0) is 11.2 Å². The van der Waals surface area contributed by atoms with E-state index in [2.05, 4.69) is 15.2 Å². The van der Waals surface area contributed by atoms with Gasteiger partial charge in [-0.25, -0.2) is 9.66 Å². The summed E-state index contributed by atoms with van der Waals surface area (Å²) in [5.41, 5.74) is 1.37. The smallest absolute Gasteiger partial charge is 0.258 e. The van der Waals surface area contributed by atoms with Gasteiger partial charge in [-0.3, -0.25) is 9.20 Å². The van der Waals surface area contributed by atoms with Crippen LogP contribution in [0.15, 0.2) is 21.4 Å². The molecule has 0 radical (unpaired) electrons. The van der Waals surface area contributed by atoms with Gasteiger partial charge in [0.05, 0.1) is 5.69 Å². The molecule has 0 atom stereocenters. The van der Waals surface area contributed by atoms with Crippen LogP contribution >= 0.6 is 23.1 Å². The maximum atomic E-state index is 12.2. The minimum atomic E-state index is -0.176. The average molecular weight is 350 g/mol. The first-order valence-corrected chi connectivity index (χ1v) is 8.94. The summed E-state index contributed by atoms with van der Waals surface area (Å²) in [6.45, 7) is 7.99. The first kappa shape index (κ1) is 16.0. The fourth-order valence-electron chi connectivity index (χ4n) is 2.20. The summed E-state index contributed by atoms with van der Waals surface area (Å²) in [7, 11) is 0. The Kier molecular flexibility index (Phi) is 3.93. The van der Waals surface area contributed by atoms with Gasteiger partial charge < -0.3 is 5.84 Å². The average Bonchev–Trinajstić information content (AvgIpc) is 3.00. The molecule has 0 bridgehead atoms. The Hall–Kier alpha value is -1.87. The standard InChI is InChI=1S/C14H18N6OS2/c1-8-6-22-12-16-9(5-10(21)19(8)12)7-23-13-18-17-11(20(13)15)14(2,3)4/h5-6H,7,15H2,1-4H3. The molecule has 3 aromatic rings. The lowest BCUT2D eigenvalue weighted by atomic mass is 9.96. The summed E-state index contributed by atoms with van der Waals surface area (Å²) in [4.78, 5) is 17.4. The van der Waals surface area contributed by atoms with Crippen LogP contribution in [0.4, 0.5) is 0 Å². The number of aryl methyl sites for hydroxylation is 1. The van der Waals surface area contributed by atoms with E-state index in [9.17, 15) is 4.79 Å². The van der Waals surface area contributed by atoms with E-state index in [1.807, 2.05) is 33.1 Å². The van der Waals surface area contributed by atoms with E-state index in [1.54, 1.807) is 10.5 Å². The minimum absolute atomic E-state index is 0.0612. The third kappa shape index (κ3) is 2.98. The zero-order valence-corrected chi connectivity index (χ0v) is 15.0. The van der Waals surface area contributed by atoms with Gasteiger partial charge in [0.15, 0.2) is 10.8 Å². The summed E-state index contributed by atoms with van der Waals surface area (Å²) in [5, 5.41) is 10.8. The van der Waals surface area contributed by atoms with Crippen molar-refractivity contribution in [3.05, 3.63) is 39.0 Å².